The number of hydrogen-bond acceptors (Lipinski definition) is 3. The van der Waals surface area contributed by atoms with Crippen LogP contribution in [0.1, 0.15) is 31.4 Å². The van der Waals surface area contributed by atoms with Crippen molar-refractivity contribution in [2.45, 2.75) is 36.8 Å². The van der Waals surface area contributed by atoms with Gasteiger partial charge in [-0.1, -0.05) is 11.6 Å². The van der Waals surface area contributed by atoms with Crippen LogP contribution in [0, 0.1) is 0 Å². The second kappa shape index (κ2) is 6.10. The molecule has 0 spiro atoms. The van der Waals surface area contributed by atoms with E-state index in [-0.39, 0.29) is 6.10 Å². The van der Waals surface area contributed by atoms with Gasteiger partial charge in [-0.15, -0.1) is 11.8 Å². The molecule has 17 heavy (non-hydrogen) atoms. The molecule has 0 saturated carbocycles. The summed E-state index contributed by atoms with van der Waals surface area (Å²) in [7, 11) is 0. The fourth-order valence-corrected chi connectivity index (χ4v) is 3.33. The largest absolute Gasteiger partial charge is 0.393 e. The summed E-state index contributed by atoms with van der Waals surface area (Å²) in [6, 6.07) is 6.49. The molecule has 1 aromatic rings. The van der Waals surface area contributed by atoms with E-state index in [0.717, 1.165) is 30.2 Å². The van der Waals surface area contributed by atoms with Gasteiger partial charge in [0, 0.05) is 16.0 Å². The molecule has 2 nitrogen and oxygen atoms in total. The Morgan fingerprint density at radius 3 is 3.18 bits per heavy atom. The zero-order valence-corrected chi connectivity index (χ0v) is 11.5. The molecule has 0 fully saturated rings. The lowest BCUT2D eigenvalue weighted by Crippen LogP contribution is -2.27. The molecule has 2 N–H and O–H groups in total. The molecule has 4 heteroatoms. The average Bonchev–Trinajstić information content (AvgIpc) is 2.29. The van der Waals surface area contributed by atoms with Crippen LogP contribution in [0.3, 0.4) is 0 Å². The Kier molecular flexibility index (Phi) is 4.74. The molecule has 0 aliphatic carbocycles. The molecular formula is C13H18ClNOS. The Labute approximate surface area is 112 Å². The molecule has 0 radical (unpaired) electrons. The highest BCUT2D eigenvalue weighted by atomic mass is 35.5. The van der Waals surface area contributed by atoms with Crippen LogP contribution in [0.4, 0.5) is 0 Å². The highest BCUT2D eigenvalue weighted by Crippen LogP contribution is 2.37. The van der Waals surface area contributed by atoms with Crippen molar-refractivity contribution in [1.29, 1.82) is 0 Å². The number of halogens is 1. The number of benzene rings is 1. The van der Waals surface area contributed by atoms with E-state index in [4.69, 9.17) is 11.6 Å². The van der Waals surface area contributed by atoms with Gasteiger partial charge in [0.15, 0.2) is 0 Å². The maximum atomic E-state index is 9.26. The van der Waals surface area contributed by atoms with Crippen molar-refractivity contribution in [2.75, 3.05) is 12.3 Å². The number of thioether (sulfide) groups is 1. The van der Waals surface area contributed by atoms with Gasteiger partial charge in [-0.3, -0.25) is 0 Å². The van der Waals surface area contributed by atoms with Crippen LogP contribution in [0.5, 0.6) is 0 Å². The molecule has 0 saturated heterocycles. The Hall–Kier alpha value is -0.220. The van der Waals surface area contributed by atoms with Gasteiger partial charge in [-0.25, -0.2) is 0 Å². The van der Waals surface area contributed by atoms with Crippen molar-refractivity contribution in [2.24, 2.45) is 0 Å². The van der Waals surface area contributed by atoms with Crippen molar-refractivity contribution >= 4 is 23.4 Å². The first-order valence-corrected chi connectivity index (χ1v) is 7.37. The minimum atomic E-state index is -0.237. The molecule has 0 bridgehead atoms. The van der Waals surface area contributed by atoms with Gasteiger partial charge in [-0.2, -0.15) is 0 Å². The molecule has 1 heterocycles. The van der Waals surface area contributed by atoms with Crippen LogP contribution < -0.4 is 5.32 Å². The first-order chi connectivity index (χ1) is 8.16. The molecule has 0 amide bonds. The summed E-state index contributed by atoms with van der Waals surface area (Å²) >= 11 is 7.94. The van der Waals surface area contributed by atoms with E-state index in [2.05, 4.69) is 17.4 Å². The summed E-state index contributed by atoms with van der Waals surface area (Å²) in [6.45, 7) is 2.67. The zero-order chi connectivity index (χ0) is 12.3. The summed E-state index contributed by atoms with van der Waals surface area (Å²) in [5, 5.41) is 13.6. The normalized spacial score (nSPS) is 21.0. The monoisotopic (exact) mass is 271 g/mol. The predicted molar refractivity (Wildman–Crippen MR) is 73.8 cm³/mol. The molecular weight excluding hydrogens is 254 g/mol. The molecule has 1 aliphatic heterocycles. The van der Waals surface area contributed by atoms with Gasteiger partial charge < -0.3 is 10.4 Å². The fourth-order valence-electron chi connectivity index (χ4n) is 2.04. The SMILES string of the molecule is CC(O)CCNC1CCSc2ccc(Cl)cc21. The van der Waals surface area contributed by atoms with Crippen LogP contribution in [-0.4, -0.2) is 23.5 Å². The van der Waals surface area contributed by atoms with Crippen molar-refractivity contribution in [3.63, 3.8) is 0 Å². The third-order valence-electron chi connectivity index (χ3n) is 2.96. The molecule has 2 unspecified atom stereocenters. The summed E-state index contributed by atoms with van der Waals surface area (Å²) in [5.41, 5.74) is 1.30. The van der Waals surface area contributed by atoms with Crippen LogP contribution >= 0.6 is 23.4 Å². The van der Waals surface area contributed by atoms with E-state index in [1.807, 2.05) is 24.8 Å². The number of nitrogens with one attached hydrogen (secondary N) is 1. The fraction of sp³-hybridized carbons (Fsp3) is 0.538. The lowest BCUT2D eigenvalue weighted by molar-refractivity contribution is 0.182. The number of fused-ring (bicyclic) bond motifs is 1. The highest BCUT2D eigenvalue weighted by Gasteiger charge is 2.20. The van der Waals surface area contributed by atoms with E-state index in [1.165, 1.54) is 10.5 Å². The van der Waals surface area contributed by atoms with Crippen LogP contribution in [-0.2, 0) is 0 Å². The van der Waals surface area contributed by atoms with Crippen LogP contribution in [0.25, 0.3) is 0 Å². The minimum absolute atomic E-state index is 0.237. The quantitative estimate of drug-likeness (QED) is 0.882. The van der Waals surface area contributed by atoms with Crippen LogP contribution in [0.15, 0.2) is 23.1 Å². The molecule has 2 rings (SSSR count). The van der Waals surface area contributed by atoms with Gasteiger partial charge >= 0.3 is 0 Å². The Morgan fingerprint density at radius 1 is 1.59 bits per heavy atom. The Bertz CT molecular complexity index is 384. The Balaban J connectivity index is 2.03. The third kappa shape index (κ3) is 3.62. The summed E-state index contributed by atoms with van der Waals surface area (Å²) < 4.78 is 0. The van der Waals surface area contributed by atoms with Crippen LogP contribution in [0.2, 0.25) is 5.02 Å². The smallest absolute Gasteiger partial charge is 0.0524 e. The first-order valence-electron chi connectivity index (χ1n) is 6.00. The number of aliphatic hydroxyl groups is 1. The second-order valence-corrected chi connectivity index (χ2v) is 6.04. The van der Waals surface area contributed by atoms with Gasteiger partial charge in [0.1, 0.15) is 0 Å². The molecule has 1 aliphatic rings. The molecule has 0 aromatic heterocycles. The topological polar surface area (TPSA) is 32.3 Å². The summed E-state index contributed by atoms with van der Waals surface area (Å²) in [4.78, 5) is 1.33. The lowest BCUT2D eigenvalue weighted by Gasteiger charge is -2.26. The van der Waals surface area contributed by atoms with Crippen molar-refractivity contribution < 1.29 is 5.11 Å². The van der Waals surface area contributed by atoms with Crippen molar-refractivity contribution in [3.05, 3.63) is 28.8 Å². The van der Waals surface area contributed by atoms with E-state index >= 15 is 0 Å². The zero-order valence-electron chi connectivity index (χ0n) is 9.95. The number of aliphatic hydroxyl groups excluding tert-OH is 1. The first kappa shape index (κ1) is 13.2. The summed E-state index contributed by atoms with van der Waals surface area (Å²) in [6.07, 6.45) is 1.68. The molecule has 1 aromatic carbocycles. The third-order valence-corrected chi connectivity index (χ3v) is 4.32. The number of rotatable bonds is 4. The summed E-state index contributed by atoms with van der Waals surface area (Å²) in [5.74, 6) is 1.14. The highest BCUT2D eigenvalue weighted by molar-refractivity contribution is 7.99. The van der Waals surface area contributed by atoms with E-state index < -0.39 is 0 Å². The van der Waals surface area contributed by atoms with E-state index in [9.17, 15) is 5.11 Å². The lowest BCUT2D eigenvalue weighted by atomic mass is 10.0. The maximum Gasteiger partial charge on any atom is 0.0524 e. The maximum absolute atomic E-state index is 9.26. The standard InChI is InChI=1S/C13H18ClNOS/c1-9(16)4-6-15-12-5-7-17-13-3-2-10(14)8-11(12)13/h2-3,8-9,12,15-16H,4-7H2,1H3. The average molecular weight is 272 g/mol. The number of hydrogen-bond donors (Lipinski definition) is 2. The van der Waals surface area contributed by atoms with Crippen molar-refractivity contribution in [3.8, 4) is 0 Å². The van der Waals surface area contributed by atoms with Crippen molar-refractivity contribution in [1.82, 2.24) is 5.32 Å². The second-order valence-electron chi connectivity index (χ2n) is 4.46. The van der Waals surface area contributed by atoms with Gasteiger partial charge in [0.25, 0.3) is 0 Å². The van der Waals surface area contributed by atoms with Gasteiger partial charge in [0.05, 0.1) is 6.10 Å². The minimum Gasteiger partial charge on any atom is -0.393 e. The Morgan fingerprint density at radius 2 is 2.41 bits per heavy atom. The molecule has 2 atom stereocenters. The van der Waals surface area contributed by atoms with Gasteiger partial charge in [-0.05, 0) is 55.8 Å². The van der Waals surface area contributed by atoms with Gasteiger partial charge in [0.2, 0.25) is 0 Å². The predicted octanol–water partition coefficient (Wildman–Crippen LogP) is 3.24. The van der Waals surface area contributed by atoms with E-state index in [1.54, 1.807) is 0 Å². The molecule has 94 valence electrons. The van der Waals surface area contributed by atoms with E-state index in [0.29, 0.717) is 6.04 Å².